The fraction of sp³-hybridized carbons (Fsp3) is 0.200. The summed E-state index contributed by atoms with van der Waals surface area (Å²) >= 11 is 0. The summed E-state index contributed by atoms with van der Waals surface area (Å²) in [6, 6.07) is 7.29. The predicted octanol–water partition coefficient (Wildman–Crippen LogP) is 2.12. The Bertz CT molecular complexity index is 577. The molecule has 0 heterocycles. The van der Waals surface area contributed by atoms with Crippen molar-refractivity contribution in [2.24, 2.45) is 0 Å². The van der Waals surface area contributed by atoms with Gasteiger partial charge in [-0.05, 0) is 30.7 Å². The molecule has 0 amide bonds. The van der Waals surface area contributed by atoms with Gasteiger partial charge in [0.2, 0.25) is 0 Å². The predicted molar refractivity (Wildman–Crippen MR) is 74.5 cm³/mol. The number of carbonyl (C=O) groups is 1. The number of anilines is 1. The lowest BCUT2D eigenvalue weighted by molar-refractivity contribution is -0.131. The summed E-state index contributed by atoms with van der Waals surface area (Å²) in [6.07, 6.45) is 7.78. The van der Waals surface area contributed by atoms with Crippen LogP contribution < -0.4 is 4.90 Å². The zero-order valence-electron chi connectivity index (χ0n) is 10.6. The molecule has 1 rings (SSSR count). The molecule has 96 valence electrons. The minimum absolute atomic E-state index is 0.426. The third kappa shape index (κ3) is 3.90. The van der Waals surface area contributed by atoms with E-state index in [2.05, 4.69) is 12.0 Å². The van der Waals surface area contributed by atoms with Crippen molar-refractivity contribution in [3.8, 4) is 18.4 Å². The van der Waals surface area contributed by atoms with Gasteiger partial charge in [-0.2, -0.15) is 5.26 Å². The Morgan fingerprint density at radius 3 is 2.84 bits per heavy atom. The summed E-state index contributed by atoms with van der Waals surface area (Å²) in [5.41, 5.74) is 1.90. The van der Waals surface area contributed by atoms with Gasteiger partial charge in [-0.25, -0.2) is 4.79 Å². The van der Waals surface area contributed by atoms with Crippen LogP contribution in [0.3, 0.4) is 0 Å². The molecule has 0 radical (unpaired) electrons. The summed E-state index contributed by atoms with van der Waals surface area (Å²) in [5.74, 6) is 1.52. The SMILES string of the molecule is C#CCN(CC)c1ccc(/C=C/C(=O)O)cc1C#N. The van der Waals surface area contributed by atoms with Crippen LogP contribution in [0, 0.1) is 23.7 Å². The van der Waals surface area contributed by atoms with Gasteiger partial charge in [0.25, 0.3) is 0 Å². The molecule has 1 aromatic carbocycles. The first-order valence-electron chi connectivity index (χ1n) is 5.76. The first kappa shape index (κ1) is 14.3. The first-order chi connectivity index (χ1) is 9.12. The fourth-order valence-corrected chi connectivity index (χ4v) is 1.67. The van der Waals surface area contributed by atoms with Gasteiger partial charge in [0.05, 0.1) is 17.8 Å². The van der Waals surface area contributed by atoms with E-state index >= 15 is 0 Å². The van der Waals surface area contributed by atoms with E-state index in [0.29, 0.717) is 24.2 Å². The van der Waals surface area contributed by atoms with Gasteiger partial charge in [0.1, 0.15) is 6.07 Å². The Morgan fingerprint density at radius 1 is 1.58 bits per heavy atom. The van der Waals surface area contributed by atoms with Crippen molar-refractivity contribution in [1.29, 1.82) is 5.26 Å². The standard InChI is InChI=1S/C15H14N2O2/c1-3-9-17(4-2)14-7-5-12(6-8-15(18)19)10-13(14)11-16/h1,5-8,10H,4,9H2,2H3,(H,18,19)/b8-6+. The van der Waals surface area contributed by atoms with E-state index in [0.717, 1.165) is 11.8 Å². The summed E-state index contributed by atoms with van der Waals surface area (Å²) in [4.78, 5) is 12.4. The molecule has 0 saturated heterocycles. The zero-order chi connectivity index (χ0) is 14.3. The number of carboxylic acids is 1. The second-order valence-electron chi connectivity index (χ2n) is 3.78. The van der Waals surface area contributed by atoms with Crippen LogP contribution in [0.5, 0.6) is 0 Å². The van der Waals surface area contributed by atoms with Gasteiger partial charge in [-0.3, -0.25) is 0 Å². The molecule has 0 atom stereocenters. The topological polar surface area (TPSA) is 64.3 Å². The van der Waals surface area contributed by atoms with Crippen LogP contribution in [0.25, 0.3) is 6.08 Å². The van der Waals surface area contributed by atoms with Gasteiger partial charge >= 0.3 is 5.97 Å². The smallest absolute Gasteiger partial charge is 0.328 e. The lowest BCUT2D eigenvalue weighted by Gasteiger charge is -2.21. The van der Waals surface area contributed by atoms with E-state index in [1.807, 2.05) is 11.8 Å². The minimum Gasteiger partial charge on any atom is -0.478 e. The van der Waals surface area contributed by atoms with E-state index in [1.54, 1.807) is 18.2 Å². The van der Waals surface area contributed by atoms with E-state index in [4.69, 9.17) is 16.8 Å². The molecule has 4 nitrogen and oxygen atoms in total. The summed E-state index contributed by atoms with van der Waals surface area (Å²) in [6.45, 7) is 3.08. The Hall–Kier alpha value is -2.72. The first-order valence-corrected chi connectivity index (χ1v) is 5.76. The van der Waals surface area contributed by atoms with Crippen LogP contribution in [0.2, 0.25) is 0 Å². The Balaban J connectivity index is 3.13. The lowest BCUT2D eigenvalue weighted by atomic mass is 10.1. The molecule has 0 unspecified atom stereocenters. The molecule has 0 aromatic heterocycles. The summed E-state index contributed by atoms with van der Waals surface area (Å²) < 4.78 is 0. The van der Waals surface area contributed by atoms with Gasteiger partial charge in [0.15, 0.2) is 0 Å². The molecular formula is C15H14N2O2. The van der Waals surface area contributed by atoms with Gasteiger partial charge in [0, 0.05) is 12.6 Å². The molecule has 0 fully saturated rings. The maximum Gasteiger partial charge on any atom is 0.328 e. The molecule has 0 spiro atoms. The number of hydrogen-bond acceptors (Lipinski definition) is 3. The number of nitrogens with zero attached hydrogens (tertiary/aromatic N) is 2. The molecule has 0 aliphatic carbocycles. The van der Waals surface area contributed by atoms with E-state index in [9.17, 15) is 4.79 Å². The van der Waals surface area contributed by atoms with Crippen LogP contribution >= 0.6 is 0 Å². The maximum atomic E-state index is 10.5. The van der Waals surface area contributed by atoms with Crippen molar-refractivity contribution >= 4 is 17.7 Å². The third-order valence-electron chi connectivity index (χ3n) is 2.56. The highest BCUT2D eigenvalue weighted by Crippen LogP contribution is 2.21. The average Bonchev–Trinajstić information content (AvgIpc) is 2.42. The number of aliphatic carboxylic acids is 1. The minimum atomic E-state index is -1.02. The zero-order valence-corrected chi connectivity index (χ0v) is 10.6. The summed E-state index contributed by atoms with van der Waals surface area (Å²) in [7, 11) is 0. The summed E-state index contributed by atoms with van der Waals surface area (Å²) in [5, 5.41) is 17.7. The van der Waals surface area contributed by atoms with Crippen molar-refractivity contribution in [1.82, 2.24) is 0 Å². The molecule has 0 aliphatic rings. The van der Waals surface area contributed by atoms with Gasteiger partial charge < -0.3 is 10.0 Å². The van der Waals surface area contributed by atoms with E-state index in [-0.39, 0.29) is 0 Å². The van der Waals surface area contributed by atoms with Crippen molar-refractivity contribution in [3.05, 3.63) is 35.4 Å². The monoisotopic (exact) mass is 254 g/mol. The Kier molecular flexibility index (Phi) is 5.19. The molecule has 19 heavy (non-hydrogen) atoms. The molecule has 0 aliphatic heterocycles. The maximum absolute atomic E-state index is 10.5. The quantitative estimate of drug-likeness (QED) is 0.645. The number of nitriles is 1. The molecule has 1 N–H and O–H groups in total. The van der Waals surface area contributed by atoms with Crippen LogP contribution in [0.15, 0.2) is 24.3 Å². The molecule has 4 heteroatoms. The number of carboxylic acid groups (broad SMARTS) is 1. The van der Waals surface area contributed by atoms with Gasteiger partial charge in [-0.1, -0.05) is 12.0 Å². The highest BCUT2D eigenvalue weighted by Gasteiger charge is 2.09. The number of terminal acetylenes is 1. The molecule has 0 saturated carbocycles. The second-order valence-corrected chi connectivity index (χ2v) is 3.78. The van der Waals surface area contributed by atoms with E-state index < -0.39 is 5.97 Å². The van der Waals surface area contributed by atoms with Crippen LogP contribution in [-0.2, 0) is 4.79 Å². The van der Waals surface area contributed by atoms with Crippen molar-refractivity contribution in [2.75, 3.05) is 18.0 Å². The van der Waals surface area contributed by atoms with Crippen molar-refractivity contribution in [2.45, 2.75) is 6.92 Å². The largest absolute Gasteiger partial charge is 0.478 e. The Morgan fingerprint density at radius 2 is 2.32 bits per heavy atom. The highest BCUT2D eigenvalue weighted by atomic mass is 16.4. The number of hydrogen-bond donors (Lipinski definition) is 1. The normalized spacial score (nSPS) is 9.84. The molecular weight excluding hydrogens is 240 g/mol. The third-order valence-corrected chi connectivity index (χ3v) is 2.56. The molecule has 0 bridgehead atoms. The fourth-order valence-electron chi connectivity index (χ4n) is 1.67. The average molecular weight is 254 g/mol. The lowest BCUT2D eigenvalue weighted by Crippen LogP contribution is -2.23. The van der Waals surface area contributed by atoms with Crippen LogP contribution in [0.4, 0.5) is 5.69 Å². The highest BCUT2D eigenvalue weighted by molar-refractivity contribution is 5.85. The number of benzene rings is 1. The van der Waals surface area contributed by atoms with Crippen LogP contribution in [-0.4, -0.2) is 24.2 Å². The number of rotatable bonds is 5. The molecule has 1 aromatic rings. The Labute approximate surface area is 112 Å². The van der Waals surface area contributed by atoms with Crippen LogP contribution in [0.1, 0.15) is 18.1 Å². The van der Waals surface area contributed by atoms with E-state index in [1.165, 1.54) is 6.08 Å². The van der Waals surface area contributed by atoms with Crippen molar-refractivity contribution in [3.63, 3.8) is 0 Å². The van der Waals surface area contributed by atoms with Gasteiger partial charge in [-0.15, -0.1) is 6.42 Å². The second kappa shape index (κ2) is 6.88. The van der Waals surface area contributed by atoms with Crippen molar-refractivity contribution < 1.29 is 9.90 Å².